The second-order valence-electron chi connectivity index (χ2n) is 1.07. The Bertz CT molecular complexity index is 98.0. The van der Waals surface area contributed by atoms with Crippen LogP contribution in [0.1, 0.15) is 6.92 Å². The fourth-order valence-electron chi connectivity index (χ4n) is 0. The molecule has 3 nitrogen and oxygen atoms in total. The minimum Gasteiger partial charge on any atom is -0.388 e. The Morgan fingerprint density at radius 1 is 1.44 bits per heavy atom. The van der Waals surface area contributed by atoms with Crippen molar-refractivity contribution in [3.05, 3.63) is 0 Å². The summed E-state index contributed by atoms with van der Waals surface area (Å²) in [6, 6.07) is 0. The average Bonchev–Trinajstić information content (AvgIpc) is 1.65. The molecule has 0 spiro atoms. The highest BCUT2D eigenvalue weighted by Crippen LogP contribution is 1.69. The Morgan fingerprint density at radius 3 is 1.56 bits per heavy atom. The molecule has 0 atom stereocenters. The van der Waals surface area contributed by atoms with Crippen LogP contribution in [0.2, 0.25) is 0 Å². The number of thiol groups is 2. The van der Waals surface area contributed by atoms with Crippen LogP contribution in [-0.2, 0) is 9.59 Å². The van der Waals surface area contributed by atoms with Gasteiger partial charge in [-0.2, -0.15) is 0 Å². The molecule has 5 heteroatoms. The van der Waals surface area contributed by atoms with E-state index in [0.29, 0.717) is 0 Å². The first-order valence-electron chi connectivity index (χ1n) is 2.03. The van der Waals surface area contributed by atoms with Crippen LogP contribution < -0.4 is 0 Å². The summed E-state index contributed by atoms with van der Waals surface area (Å²) in [4.78, 5) is 18.7. The fraction of sp³-hybridized carbons (Fsp3) is 0.500. The van der Waals surface area contributed by atoms with Gasteiger partial charge in [-0.25, -0.2) is 0 Å². The minimum absolute atomic E-state index is 0.139. The Kier molecular flexibility index (Phi) is 10.4. The third kappa shape index (κ3) is 72.0. The van der Waals surface area contributed by atoms with Gasteiger partial charge < -0.3 is 5.11 Å². The van der Waals surface area contributed by atoms with Crippen molar-refractivity contribution in [3.8, 4) is 0 Å². The summed E-state index contributed by atoms with van der Waals surface area (Å²) in [5.41, 5.74) is 0. The van der Waals surface area contributed by atoms with Gasteiger partial charge in [0.1, 0.15) is 6.61 Å². The van der Waals surface area contributed by atoms with E-state index in [1.54, 1.807) is 0 Å². The van der Waals surface area contributed by atoms with E-state index in [1.165, 1.54) is 6.92 Å². The standard InChI is InChI=1S/C2H4O2S.C2H4OS/c3-1-2(4)5;1-2(3)4/h3H,1H2,(H,4,5);1H3,(H,3,4). The van der Waals surface area contributed by atoms with Crippen molar-refractivity contribution < 1.29 is 14.7 Å². The lowest BCUT2D eigenvalue weighted by Gasteiger charge is -1.71. The smallest absolute Gasteiger partial charge is 0.211 e. The van der Waals surface area contributed by atoms with E-state index in [1.807, 2.05) is 0 Å². The first-order valence-corrected chi connectivity index (χ1v) is 2.92. The van der Waals surface area contributed by atoms with E-state index >= 15 is 0 Å². The van der Waals surface area contributed by atoms with Crippen LogP contribution in [0.25, 0.3) is 0 Å². The molecule has 0 saturated carbocycles. The first kappa shape index (κ1) is 11.8. The normalized spacial score (nSPS) is 7.11. The molecule has 0 unspecified atom stereocenters. The van der Waals surface area contributed by atoms with E-state index in [0.717, 1.165) is 0 Å². The van der Waals surface area contributed by atoms with Gasteiger partial charge in [0.25, 0.3) is 0 Å². The predicted molar refractivity (Wildman–Crippen MR) is 40.7 cm³/mol. The highest BCUT2D eigenvalue weighted by Gasteiger charge is 1.80. The maximum Gasteiger partial charge on any atom is 0.211 e. The number of hydrogen-bond acceptors (Lipinski definition) is 3. The molecule has 0 saturated heterocycles. The molecule has 0 aromatic rings. The fourth-order valence-corrected chi connectivity index (χ4v) is 0. The maximum absolute atomic E-state index is 9.43. The summed E-state index contributed by atoms with van der Waals surface area (Å²) in [5.74, 6) is 0. The number of aliphatic hydroxyl groups excluding tert-OH is 1. The largest absolute Gasteiger partial charge is 0.388 e. The topological polar surface area (TPSA) is 54.4 Å². The second-order valence-corrected chi connectivity index (χ2v) is 2.20. The van der Waals surface area contributed by atoms with Gasteiger partial charge in [-0.05, 0) is 0 Å². The van der Waals surface area contributed by atoms with Crippen molar-refractivity contribution >= 4 is 35.5 Å². The molecule has 0 aromatic carbocycles. The van der Waals surface area contributed by atoms with Crippen molar-refractivity contribution in [2.45, 2.75) is 6.92 Å². The zero-order valence-electron chi connectivity index (χ0n) is 4.87. The molecule has 0 aliphatic rings. The van der Waals surface area contributed by atoms with Crippen molar-refractivity contribution in [2.24, 2.45) is 0 Å². The third-order valence-electron chi connectivity index (χ3n) is 0.135. The molecular weight excluding hydrogens is 160 g/mol. The highest BCUT2D eigenvalue weighted by atomic mass is 32.1. The summed E-state index contributed by atoms with van der Waals surface area (Å²) in [7, 11) is 0. The molecule has 0 heterocycles. The Morgan fingerprint density at radius 2 is 1.56 bits per heavy atom. The summed E-state index contributed by atoms with van der Waals surface area (Å²) in [5, 5.41) is 7.08. The average molecular weight is 168 g/mol. The molecule has 0 rings (SSSR count). The van der Waals surface area contributed by atoms with Crippen LogP contribution in [0.3, 0.4) is 0 Å². The molecule has 54 valence electrons. The second kappa shape index (κ2) is 8.00. The number of hydrogen-bond donors (Lipinski definition) is 3. The van der Waals surface area contributed by atoms with Gasteiger partial charge in [0, 0.05) is 6.92 Å². The van der Waals surface area contributed by atoms with E-state index in [-0.39, 0.29) is 5.12 Å². The molecule has 0 fully saturated rings. The van der Waals surface area contributed by atoms with Gasteiger partial charge in [-0.15, -0.1) is 25.3 Å². The number of aliphatic hydroxyl groups is 1. The highest BCUT2D eigenvalue weighted by molar-refractivity contribution is 7.96. The zero-order valence-corrected chi connectivity index (χ0v) is 6.65. The number of rotatable bonds is 1. The summed E-state index contributed by atoms with van der Waals surface area (Å²) < 4.78 is 0. The molecule has 0 amide bonds. The summed E-state index contributed by atoms with van der Waals surface area (Å²) in [6.45, 7) is 0.923. The lowest BCUT2D eigenvalue weighted by molar-refractivity contribution is -0.113. The van der Waals surface area contributed by atoms with Gasteiger partial charge in [0.05, 0.1) is 0 Å². The van der Waals surface area contributed by atoms with Crippen LogP contribution in [0.15, 0.2) is 0 Å². The number of carbonyl (C=O) groups is 2. The van der Waals surface area contributed by atoms with Gasteiger partial charge >= 0.3 is 0 Å². The monoisotopic (exact) mass is 168 g/mol. The SMILES string of the molecule is CC(=O)S.O=C(S)CO. The zero-order chi connectivity index (χ0) is 7.86. The van der Waals surface area contributed by atoms with Crippen LogP contribution in [0.4, 0.5) is 0 Å². The van der Waals surface area contributed by atoms with Crippen LogP contribution in [-0.4, -0.2) is 21.9 Å². The van der Waals surface area contributed by atoms with E-state index < -0.39 is 11.7 Å². The van der Waals surface area contributed by atoms with Crippen LogP contribution >= 0.6 is 25.3 Å². The molecule has 0 aromatic heterocycles. The van der Waals surface area contributed by atoms with Gasteiger partial charge in [0.2, 0.25) is 5.12 Å². The van der Waals surface area contributed by atoms with Gasteiger partial charge in [0.15, 0.2) is 5.12 Å². The van der Waals surface area contributed by atoms with Crippen LogP contribution in [0.5, 0.6) is 0 Å². The van der Waals surface area contributed by atoms with Crippen molar-refractivity contribution in [3.63, 3.8) is 0 Å². The summed E-state index contributed by atoms with van der Waals surface area (Å²) in [6.07, 6.45) is 0. The lowest BCUT2D eigenvalue weighted by Crippen LogP contribution is -1.89. The minimum atomic E-state index is -0.495. The van der Waals surface area contributed by atoms with Crippen molar-refractivity contribution in [2.75, 3.05) is 6.61 Å². The van der Waals surface area contributed by atoms with Crippen molar-refractivity contribution in [1.82, 2.24) is 0 Å². The van der Waals surface area contributed by atoms with E-state index in [2.05, 4.69) is 25.3 Å². The van der Waals surface area contributed by atoms with Crippen molar-refractivity contribution in [1.29, 1.82) is 0 Å². The Labute approximate surface area is 64.3 Å². The Hall–Kier alpha value is -0.0000000000000000763. The first-order chi connectivity index (χ1) is 4.00. The summed E-state index contributed by atoms with van der Waals surface area (Å²) >= 11 is 6.54. The van der Waals surface area contributed by atoms with Gasteiger partial charge in [-0.3, -0.25) is 9.59 Å². The quantitative estimate of drug-likeness (QED) is 0.479. The van der Waals surface area contributed by atoms with E-state index in [9.17, 15) is 9.59 Å². The van der Waals surface area contributed by atoms with E-state index in [4.69, 9.17) is 5.11 Å². The molecule has 0 aliphatic carbocycles. The number of carbonyl (C=O) groups excluding carboxylic acids is 2. The molecule has 9 heavy (non-hydrogen) atoms. The molecular formula is C4H8O3S2. The molecule has 0 aliphatic heterocycles. The lowest BCUT2D eigenvalue weighted by atomic mass is 10.8. The maximum atomic E-state index is 9.43. The predicted octanol–water partition coefficient (Wildman–Crippen LogP) is -0.102. The molecule has 1 N–H and O–H groups in total. The van der Waals surface area contributed by atoms with Gasteiger partial charge in [-0.1, -0.05) is 0 Å². The van der Waals surface area contributed by atoms with Crippen LogP contribution in [0, 0.1) is 0 Å². The molecule has 0 bridgehead atoms. The third-order valence-corrected chi connectivity index (χ3v) is 0.277. The Balaban J connectivity index is 0. The molecule has 0 radical (unpaired) electrons.